The number of aliphatic imine (C=N–C) groups is 1. The zero-order valence-corrected chi connectivity index (χ0v) is 14.9. The minimum absolute atomic E-state index is 0.155. The monoisotopic (exact) mass is 362 g/mol. The Morgan fingerprint density at radius 3 is 2.30 bits per heavy atom. The second-order valence-electron chi connectivity index (χ2n) is 6.42. The van der Waals surface area contributed by atoms with Gasteiger partial charge in [-0.1, -0.05) is 42.5 Å². The molecule has 0 amide bonds. The summed E-state index contributed by atoms with van der Waals surface area (Å²) in [4.78, 5) is 4.63. The average molecular weight is 362 g/mol. The molecule has 5 heteroatoms. The maximum Gasteiger partial charge on any atom is 0.283 e. The number of halogens is 1. The van der Waals surface area contributed by atoms with E-state index < -0.39 is 5.54 Å². The van der Waals surface area contributed by atoms with Gasteiger partial charge in [-0.15, -0.1) is 0 Å². The lowest BCUT2D eigenvalue weighted by molar-refractivity contribution is 0.278. The fourth-order valence-electron chi connectivity index (χ4n) is 3.38. The summed E-state index contributed by atoms with van der Waals surface area (Å²) in [5.41, 5.74) is 8.69. The van der Waals surface area contributed by atoms with E-state index in [1.54, 1.807) is 13.2 Å². The van der Waals surface area contributed by atoms with Crippen LogP contribution in [0.5, 0.6) is 5.75 Å². The topological polar surface area (TPSA) is 56.8 Å². The lowest BCUT2D eigenvalue weighted by Crippen LogP contribution is -2.27. The zero-order chi connectivity index (χ0) is 18.9. The van der Waals surface area contributed by atoms with Gasteiger partial charge in [0.1, 0.15) is 18.2 Å². The summed E-state index contributed by atoms with van der Waals surface area (Å²) in [6.45, 7) is 0.303. The summed E-state index contributed by atoms with van der Waals surface area (Å²) in [5, 5.41) is 0. The molecule has 1 atom stereocenters. The molecule has 136 valence electrons. The molecule has 0 saturated carbocycles. The normalized spacial score (nSPS) is 18.7. The molecular formula is C22H19FN2O2. The number of ether oxygens (including phenoxy) is 2. The number of benzene rings is 3. The Morgan fingerprint density at radius 2 is 1.67 bits per heavy atom. The molecule has 4 rings (SSSR count). The fraction of sp³-hybridized carbons (Fsp3) is 0.136. The minimum Gasteiger partial charge on any atom is -0.497 e. The minimum atomic E-state index is -0.750. The molecule has 0 aromatic heterocycles. The number of hydrogen-bond donors (Lipinski definition) is 1. The molecule has 0 radical (unpaired) electrons. The van der Waals surface area contributed by atoms with Crippen LogP contribution in [0, 0.1) is 5.82 Å². The van der Waals surface area contributed by atoms with Crippen molar-refractivity contribution in [1.29, 1.82) is 0 Å². The van der Waals surface area contributed by atoms with E-state index in [2.05, 4.69) is 4.99 Å². The first-order valence-corrected chi connectivity index (χ1v) is 8.60. The van der Waals surface area contributed by atoms with Crippen LogP contribution in [-0.4, -0.2) is 19.7 Å². The van der Waals surface area contributed by atoms with Gasteiger partial charge in [0, 0.05) is 0 Å². The smallest absolute Gasteiger partial charge is 0.283 e. The number of methoxy groups -OCH3 is 1. The van der Waals surface area contributed by atoms with Crippen LogP contribution in [0.4, 0.5) is 4.39 Å². The Balaban J connectivity index is 1.83. The average Bonchev–Trinajstić information content (AvgIpc) is 3.11. The summed E-state index contributed by atoms with van der Waals surface area (Å²) in [5.74, 6) is 0.493. The molecule has 1 aliphatic heterocycles. The highest BCUT2D eigenvalue weighted by molar-refractivity contribution is 5.76. The van der Waals surface area contributed by atoms with Crippen LogP contribution in [0.15, 0.2) is 77.8 Å². The molecule has 0 spiro atoms. The van der Waals surface area contributed by atoms with E-state index in [-0.39, 0.29) is 11.8 Å². The molecule has 0 bridgehead atoms. The maximum atomic E-state index is 13.6. The fourth-order valence-corrected chi connectivity index (χ4v) is 3.38. The van der Waals surface area contributed by atoms with E-state index >= 15 is 0 Å². The highest BCUT2D eigenvalue weighted by Gasteiger charge is 2.40. The summed E-state index contributed by atoms with van der Waals surface area (Å²) in [7, 11) is 1.63. The first-order valence-electron chi connectivity index (χ1n) is 8.60. The van der Waals surface area contributed by atoms with Crippen LogP contribution in [0.25, 0.3) is 11.1 Å². The molecule has 3 aromatic carbocycles. The highest BCUT2D eigenvalue weighted by Crippen LogP contribution is 2.39. The first-order chi connectivity index (χ1) is 13.1. The number of nitrogens with zero attached hydrogens (tertiary/aromatic N) is 1. The number of amidine groups is 1. The summed E-state index contributed by atoms with van der Waals surface area (Å²) < 4.78 is 24.4. The Morgan fingerprint density at radius 1 is 0.963 bits per heavy atom. The van der Waals surface area contributed by atoms with E-state index in [4.69, 9.17) is 15.2 Å². The van der Waals surface area contributed by atoms with Gasteiger partial charge in [-0.3, -0.25) is 0 Å². The molecule has 1 unspecified atom stereocenters. The molecule has 1 aliphatic rings. The van der Waals surface area contributed by atoms with E-state index in [0.717, 1.165) is 28.0 Å². The van der Waals surface area contributed by atoms with Crippen molar-refractivity contribution >= 4 is 6.02 Å². The quantitative estimate of drug-likeness (QED) is 0.760. The van der Waals surface area contributed by atoms with Gasteiger partial charge in [0.25, 0.3) is 6.02 Å². The standard InChI is InChI=1S/C22H19FN2O2/c1-26-20-10-8-17(9-11-20)22(14-27-21(24)25-22)18-6-2-4-15(12-18)16-5-3-7-19(23)13-16/h2-13H,14H2,1H3,(H2,24,25). The number of nitrogens with two attached hydrogens (primary N) is 1. The molecule has 2 N–H and O–H groups in total. The van der Waals surface area contributed by atoms with Crippen molar-refractivity contribution in [2.75, 3.05) is 13.7 Å². The Labute approximate surface area is 157 Å². The van der Waals surface area contributed by atoms with Crippen LogP contribution >= 0.6 is 0 Å². The lowest BCUT2D eigenvalue weighted by Gasteiger charge is -2.26. The molecule has 4 nitrogen and oxygen atoms in total. The second kappa shape index (κ2) is 6.76. The van der Waals surface area contributed by atoms with Gasteiger partial charge in [-0.25, -0.2) is 9.38 Å². The molecule has 27 heavy (non-hydrogen) atoms. The van der Waals surface area contributed by atoms with Crippen molar-refractivity contribution in [2.45, 2.75) is 5.54 Å². The van der Waals surface area contributed by atoms with Crippen LogP contribution in [0.1, 0.15) is 11.1 Å². The predicted octanol–water partition coefficient (Wildman–Crippen LogP) is 4.09. The third kappa shape index (κ3) is 3.12. The maximum absolute atomic E-state index is 13.6. The van der Waals surface area contributed by atoms with Crippen molar-refractivity contribution in [2.24, 2.45) is 10.7 Å². The van der Waals surface area contributed by atoms with E-state index in [1.807, 2.05) is 54.6 Å². The summed E-state index contributed by atoms with van der Waals surface area (Å²) >= 11 is 0. The van der Waals surface area contributed by atoms with Gasteiger partial charge in [-0.05, 0) is 52.6 Å². The largest absolute Gasteiger partial charge is 0.497 e. The van der Waals surface area contributed by atoms with Crippen molar-refractivity contribution in [3.63, 3.8) is 0 Å². The molecule has 0 saturated heterocycles. The van der Waals surface area contributed by atoms with Crippen LogP contribution in [-0.2, 0) is 10.3 Å². The zero-order valence-electron chi connectivity index (χ0n) is 14.9. The molecule has 1 heterocycles. The summed E-state index contributed by atoms with van der Waals surface area (Å²) in [6, 6.07) is 22.2. The predicted molar refractivity (Wildman–Crippen MR) is 103 cm³/mol. The number of rotatable bonds is 4. The van der Waals surface area contributed by atoms with Gasteiger partial charge in [0.15, 0.2) is 5.54 Å². The SMILES string of the molecule is COc1ccc(C2(c3cccc(-c4cccc(F)c4)c3)COC(N)=N2)cc1. The van der Waals surface area contributed by atoms with E-state index in [0.29, 0.717) is 6.61 Å². The van der Waals surface area contributed by atoms with E-state index in [9.17, 15) is 4.39 Å². The van der Waals surface area contributed by atoms with Crippen LogP contribution in [0.2, 0.25) is 0 Å². The van der Waals surface area contributed by atoms with Crippen molar-refractivity contribution in [1.82, 2.24) is 0 Å². The third-order valence-corrected chi connectivity index (χ3v) is 4.80. The van der Waals surface area contributed by atoms with Crippen molar-refractivity contribution in [3.8, 4) is 16.9 Å². The van der Waals surface area contributed by atoms with Gasteiger partial charge < -0.3 is 15.2 Å². The van der Waals surface area contributed by atoms with Crippen LogP contribution < -0.4 is 10.5 Å². The Kier molecular flexibility index (Phi) is 4.28. The van der Waals surface area contributed by atoms with Crippen LogP contribution in [0.3, 0.4) is 0 Å². The second-order valence-corrected chi connectivity index (χ2v) is 6.42. The molecule has 0 fully saturated rings. The Bertz CT molecular complexity index is 1000. The molecule has 0 aliphatic carbocycles. The highest BCUT2D eigenvalue weighted by atomic mass is 19.1. The molecule has 3 aromatic rings. The van der Waals surface area contributed by atoms with Gasteiger partial charge in [0.05, 0.1) is 7.11 Å². The number of hydrogen-bond acceptors (Lipinski definition) is 4. The molecular weight excluding hydrogens is 343 g/mol. The van der Waals surface area contributed by atoms with Gasteiger partial charge in [-0.2, -0.15) is 0 Å². The summed E-state index contributed by atoms with van der Waals surface area (Å²) in [6.07, 6.45) is 0. The third-order valence-electron chi connectivity index (χ3n) is 4.80. The lowest BCUT2D eigenvalue weighted by atomic mass is 9.83. The van der Waals surface area contributed by atoms with Gasteiger partial charge >= 0.3 is 0 Å². The van der Waals surface area contributed by atoms with Crippen molar-refractivity contribution in [3.05, 3.63) is 89.7 Å². The first kappa shape index (κ1) is 17.1. The van der Waals surface area contributed by atoms with Gasteiger partial charge in [0.2, 0.25) is 0 Å². The Hall–Kier alpha value is -3.34. The van der Waals surface area contributed by atoms with Crippen molar-refractivity contribution < 1.29 is 13.9 Å². The van der Waals surface area contributed by atoms with E-state index in [1.165, 1.54) is 12.1 Å².